The van der Waals surface area contributed by atoms with E-state index in [1.165, 1.54) is 13.5 Å². The summed E-state index contributed by atoms with van der Waals surface area (Å²) in [5.74, 6) is 0.446. The van der Waals surface area contributed by atoms with Crippen molar-refractivity contribution in [1.82, 2.24) is 10.9 Å². The van der Waals surface area contributed by atoms with E-state index in [-0.39, 0.29) is 11.8 Å². The van der Waals surface area contributed by atoms with Crippen molar-refractivity contribution in [1.29, 1.82) is 0 Å². The molecule has 0 aromatic heterocycles. The number of hydrogen-bond donors (Lipinski definition) is 3. The number of rotatable bonds is 3. The largest absolute Gasteiger partial charge is 0.495 e. The summed E-state index contributed by atoms with van der Waals surface area (Å²) in [6.45, 7) is 0. The van der Waals surface area contributed by atoms with Crippen LogP contribution >= 0.6 is 0 Å². The molecular formula is C15H21N3O3. The van der Waals surface area contributed by atoms with Crippen LogP contribution in [0, 0.1) is 5.92 Å². The van der Waals surface area contributed by atoms with Crippen molar-refractivity contribution in [3.8, 4) is 5.75 Å². The molecule has 1 fully saturated rings. The molecule has 1 saturated carbocycles. The van der Waals surface area contributed by atoms with Crippen LogP contribution in [0.15, 0.2) is 24.3 Å². The number of nitrogens with one attached hydrogen (secondary N) is 3. The number of hydrogen-bond acceptors (Lipinski definition) is 3. The first-order chi connectivity index (χ1) is 10.2. The summed E-state index contributed by atoms with van der Waals surface area (Å²) in [6.07, 6.45) is 5.12. The van der Waals surface area contributed by atoms with Gasteiger partial charge in [0.2, 0.25) is 5.91 Å². The molecule has 0 aliphatic heterocycles. The highest BCUT2D eigenvalue weighted by molar-refractivity contribution is 5.92. The van der Waals surface area contributed by atoms with Crippen LogP contribution in [0.4, 0.5) is 10.5 Å². The molecule has 0 radical (unpaired) electrons. The lowest BCUT2D eigenvalue weighted by Gasteiger charge is -2.20. The van der Waals surface area contributed by atoms with E-state index in [0.29, 0.717) is 11.4 Å². The fourth-order valence-electron chi connectivity index (χ4n) is 2.49. The lowest BCUT2D eigenvalue weighted by molar-refractivity contribution is -0.126. The Bertz CT molecular complexity index is 499. The Labute approximate surface area is 124 Å². The number of benzene rings is 1. The zero-order chi connectivity index (χ0) is 15.1. The predicted octanol–water partition coefficient (Wildman–Crippen LogP) is 2.43. The molecular weight excluding hydrogens is 270 g/mol. The number of carbonyl (C=O) groups excluding carboxylic acids is 2. The smallest absolute Gasteiger partial charge is 0.338 e. The first-order valence-corrected chi connectivity index (χ1v) is 7.20. The third-order valence-electron chi connectivity index (χ3n) is 3.63. The molecule has 21 heavy (non-hydrogen) atoms. The molecule has 1 aromatic carbocycles. The van der Waals surface area contributed by atoms with Crippen molar-refractivity contribution >= 4 is 17.6 Å². The maximum absolute atomic E-state index is 11.9. The summed E-state index contributed by atoms with van der Waals surface area (Å²) in [7, 11) is 1.53. The summed E-state index contributed by atoms with van der Waals surface area (Å²) in [5.41, 5.74) is 5.39. The van der Waals surface area contributed by atoms with Gasteiger partial charge >= 0.3 is 6.03 Å². The third-order valence-corrected chi connectivity index (χ3v) is 3.63. The number of amides is 3. The van der Waals surface area contributed by atoms with E-state index in [4.69, 9.17) is 4.74 Å². The molecule has 1 aromatic rings. The molecule has 0 saturated heterocycles. The monoisotopic (exact) mass is 291 g/mol. The zero-order valence-corrected chi connectivity index (χ0v) is 12.1. The van der Waals surface area contributed by atoms with Gasteiger partial charge in [-0.25, -0.2) is 10.2 Å². The Morgan fingerprint density at radius 1 is 1.10 bits per heavy atom. The van der Waals surface area contributed by atoms with Gasteiger partial charge in [0.1, 0.15) is 5.75 Å². The van der Waals surface area contributed by atoms with Gasteiger partial charge in [-0.3, -0.25) is 10.2 Å². The van der Waals surface area contributed by atoms with E-state index < -0.39 is 6.03 Å². The first kappa shape index (κ1) is 15.2. The Morgan fingerprint density at radius 3 is 2.52 bits per heavy atom. The molecule has 6 nitrogen and oxygen atoms in total. The van der Waals surface area contributed by atoms with Crippen LogP contribution in [-0.4, -0.2) is 19.0 Å². The third kappa shape index (κ3) is 4.37. The number of para-hydroxylation sites is 2. The molecule has 0 spiro atoms. The summed E-state index contributed by atoms with van der Waals surface area (Å²) in [6, 6.07) is 6.58. The van der Waals surface area contributed by atoms with Gasteiger partial charge in [-0.05, 0) is 25.0 Å². The van der Waals surface area contributed by atoms with E-state index in [1.54, 1.807) is 18.2 Å². The molecule has 0 heterocycles. The second-order valence-corrected chi connectivity index (χ2v) is 5.10. The number of hydrazine groups is 1. The quantitative estimate of drug-likeness (QED) is 0.748. The van der Waals surface area contributed by atoms with E-state index >= 15 is 0 Å². The SMILES string of the molecule is COc1ccccc1NC(=O)NNC(=O)C1CCCCC1. The Morgan fingerprint density at radius 2 is 1.81 bits per heavy atom. The molecule has 0 unspecified atom stereocenters. The Balaban J connectivity index is 1.80. The minimum absolute atomic E-state index is 0.00492. The molecule has 6 heteroatoms. The number of carbonyl (C=O) groups is 2. The van der Waals surface area contributed by atoms with Crippen LogP contribution in [0.1, 0.15) is 32.1 Å². The molecule has 114 valence electrons. The first-order valence-electron chi connectivity index (χ1n) is 7.20. The average Bonchev–Trinajstić information content (AvgIpc) is 2.54. The van der Waals surface area contributed by atoms with Crippen molar-refractivity contribution in [3.63, 3.8) is 0 Å². The highest BCUT2D eigenvalue weighted by Gasteiger charge is 2.21. The van der Waals surface area contributed by atoms with E-state index in [0.717, 1.165) is 25.7 Å². The second kappa shape index (κ2) is 7.52. The second-order valence-electron chi connectivity index (χ2n) is 5.10. The Kier molecular flexibility index (Phi) is 5.43. The van der Waals surface area contributed by atoms with Gasteiger partial charge < -0.3 is 10.1 Å². The van der Waals surface area contributed by atoms with Gasteiger partial charge in [0.05, 0.1) is 12.8 Å². The van der Waals surface area contributed by atoms with Crippen LogP contribution < -0.4 is 20.9 Å². The molecule has 0 atom stereocenters. The minimum atomic E-state index is -0.497. The fraction of sp³-hybridized carbons (Fsp3) is 0.467. The number of anilines is 1. The summed E-state index contributed by atoms with van der Waals surface area (Å²) in [4.78, 5) is 23.7. The minimum Gasteiger partial charge on any atom is -0.495 e. The van der Waals surface area contributed by atoms with Crippen molar-refractivity contribution < 1.29 is 14.3 Å². The number of methoxy groups -OCH3 is 1. The lowest BCUT2D eigenvalue weighted by Crippen LogP contribution is -2.46. The van der Waals surface area contributed by atoms with Crippen molar-refractivity contribution in [3.05, 3.63) is 24.3 Å². The molecule has 3 amide bonds. The average molecular weight is 291 g/mol. The van der Waals surface area contributed by atoms with E-state index in [1.807, 2.05) is 6.07 Å². The predicted molar refractivity (Wildman–Crippen MR) is 79.9 cm³/mol. The van der Waals surface area contributed by atoms with Gasteiger partial charge in [-0.15, -0.1) is 0 Å². The standard InChI is InChI=1S/C15H21N3O3/c1-21-13-10-6-5-9-12(13)16-15(20)18-17-14(19)11-7-3-2-4-8-11/h5-6,9-11H,2-4,7-8H2,1H3,(H,17,19)(H2,16,18,20). The van der Waals surface area contributed by atoms with Crippen LogP contribution in [0.3, 0.4) is 0 Å². The van der Waals surface area contributed by atoms with Crippen LogP contribution in [0.5, 0.6) is 5.75 Å². The summed E-state index contributed by atoms with van der Waals surface area (Å²) < 4.78 is 5.14. The molecule has 0 bridgehead atoms. The summed E-state index contributed by atoms with van der Waals surface area (Å²) in [5, 5.41) is 2.63. The maximum atomic E-state index is 11.9. The van der Waals surface area contributed by atoms with Gasteiger partial charge in [-0.1, -0.05) is 31.4 Å². The topological polar surface area (TPSA) is 79.5 Å². The number of ether oxygens (including phenoxy) is 1. The number of urea groups is 1. The molecule has 2 rings (SSSR count). The molecule has 1 aliphatic rings. The zero-order valence-electron chi connectivity index (χ0n) is 12.1. The normalized spacial score (nSPS) is 15.1. The lowest BCUT2D eigenvalue weighted by atomic mass is 9.89. The van der Waals surface area contributed by atoms with Crippen molar-refractivity contribution in [2.45, 2.75) is 32.1 Å². The van der Waals surface area contributed by atoms with Crippen molar-refractivity contribution in [2.24, 2.45) is 5.92 Å². The van der Waals surface area contributed by atoms with E-state index in [2.05, 4.69) is 16.2 Å². The van der Waals surface area contributed by atoms with Gasteiger partial charge in [0.25, 0.3) is 0 Å². The highest BCUT2D eigenvalue weighted by Crippen LogP contribution is 2.24. The molecule has 3 N–H and O–H groups in total. The maximum Gasteiger partial charge on any atom is 0.338 e. The summed E-state index contributed by atoms with van der Waals surface area (Å²) >= 11 is 0. The molecule has 1 aliphatic carbocycles. The van der Waals surface area contributed by atoms with Crippen LogP contribution in [0.2, 0.25) is 0 Å². The highest BCUT2D eigenvalue weighted by atomic mass is 16.5. The van der Waals surface area contributed by atoms with Crippen LogP contribution in [-0.2, 0) is 4.79 Å². The van der Waals surface area contributed by atoms with Gasteiger partial charge in [-0.2, -0.15) is 0 Å². The van der Waals surface area contributed by atoms with Gasteiger partial charge in [0, 0.05) is 5.92 Å². The van der Waals surface area contributed by atoms with Gasteiger partial charge in [0.15, 0.2) is 0 Å². The van der Waals surface area contributed by atoms with E-state index in [9.17, 15) is 9.59 Å². The van der Waals surface area contributed by atoms with Crippen molar-refractivity contribution in [2.75, 3.05) is 12.4 Å². The van der Waals surface area contributed by atoms with Crippen LogP contribution in [0.25, 0.3) is 0 Å². The Hall–Kier alpha value is -2.24. The fourth-order valence-corrected chi connectivity index (χ4v) is 2.49.